The fraction of sp³-hybridized carbons (Fsp3) is 0.267. The Balaban J connectivity index is 2.43. The molecule has 0 radical (unpaired) electrons. The number of hydrogen-bond donors (Lipinski definition) is 2. The van der Waals surface area contributed by atoms with Gasteiger partial charge in [-0.05, 0) is 41.3 Å². The molecule has 0 spiro atoms. The van der Waals surface area contributed by atoms with Crippen LogP contribution in [0.4, 0.5) is 0 Å². The highest BCUT2D eigenvalue weighted by molar-refractivity contribution is 5.39. The van der Waals surface area contributed by atoms with Crippen LogP contribution >= 0.6 is 0 Å². The monoisotopic (exact) mass is 257 g/mol. The van der Waals surface area contributed by atoms with Crippen molar-refractivity contribution in [2.45, 2.75) is 19.4 Å². The summed E-state index contributed by atoms with van der Waals surface area (Å²) in [6.45, 7) is 2.11. The maximum absolute atomic E-state index is 5.74. The van der Waals surface area contributed by atoms with Gasteiger partial charge >= 0.3 is 0 Å². The molecular weight excluding hydrogens is 238 g/mol. The number of ether oxygens (including phenoxy) is 1. The molecule has 1 aromatic heterocycles. The number of nitrogens with one attached hydrogen (secondary N) is 1. The van der Waals surface area contributed by atoms with E-state index in [1.807, 2.05) is 36.5 Å². The average molecular weight is 257 g/mol. The Bertz CT molecular complexity index is 542. The third kappa shape index (κ3) is 2.92. The molecule has 4 nitrogen and oxygen atoms in total. The summed E-state index contributed by atoms with van der Waals surface area (Å²) in [5.41, 5.74) is 6.28. The predicted molar refractivity (Wildman–Crippen MR) is 75.8 cm³/mol. The van der Waals surface area contributed by atoms with Gasteiger partial charge in [-0.3, -0.25) is 10.8 Å². The molecule has 0 saturated carbocycles. The van der Waals surface area contributed by atoms with Crippen molar-refractivity contribution in [2.75, 3.05) is 7.11 Å². The second-order valence-electron chi connectivity index (χ2n) is 4.30. The smallest absolute Gasteiger partial charge is 0.119 e. The first-order valence-electron chi connectivity index (χ1n) is 6.33. The van der Waals surface area contributed by atoms with Crippen molar-refractivity contribution in [3.05, 3.63) is 59.4 Å². The fourth-order valence-electron chi connectivity index (χ4n) is 2.20. The zero-order chi connectivity index (χ0) is 13.7. The number of hydrazine groups is 1. The van der Waals surface area contributed by atoms with Crippen LogP contribution in [0, 0.1) is 0 Å². The van der Waals surface area contributed by atoms with Crippen molar-refractivity contribution in [2.24, 2.45) is 5.84 Å². The highest BCUT2D eigenvalue weighted by Crippen LogP contribution is 2.26. The lowest BCUT2D eigenvalue weighted by Crippen LogP contribution is -2.29. The molecule has 1 aromatic carbocycles. The van der Waals surface area contributed by atoms with Crippen LogP contribution in [0.1, 0.15) is 29.7 Å². The summed E-state index contributed by atoms with van der Waals surface area (Å²) in [4.78, 5) is 4.17. The number of nitrogens with two attached hydrogens (primary N) is 1. The second-order valence-corrected chi connectivity index (χ2v) is 4.30. The molecule has 4 heteroatoms. The van der Waals surface area contributed by atoms with E-state index in [0.717, 1.165) is 23.3 Å². The lowest BCUT2D eigenvalue weighted by molar-refractivity contribution is 0.413. The Morgan fingerprint density at radius 2 is 2.21 bits per heavy atom. The van der Waals surface area contributed by atoms with Gasteiger partial charge in [0.1, 0.15) is 5.75 Å². The molecule has 0 aliphatic heterocycles. The Morgan fingerprint density at radius 1 is 1.37 bits per heavy atom. The van der Waals surface area contributed by atoms with E-state index in [2.05, 4.69) is 17.3 Å². The molecule has 2 aromatic rings. The van der Waals surface area contributed by atoms with Gasteiger partial charge in [-0.15, -0.1) is 0 Å². The van der Waals surface area contributed by atoms with Crippen molar-refractivity contribution in [3.8, 4) is 5.75 Å². The van der Waals surface area contributed by atoms with E-state index in [-0.39, 0.29) is 6.04 Å². The van der Waals surface area contributed by atoms with Crippen molar-refractivity contribution in [1.82, 2.24) is 10.4 Å². The molecule has 0 aliphatic carbocycles. The first kappa shape index (κ1) is 13.5. The van der Waals surface area contributed by atoms with Crippen LogP contribution in [0.25, 0.3) is 0 Å². The van der Waals surface area contributed by atoms with E-state index in [4.69, 9.17) is 10.6 Å². The molecular formula is C15H19N3O. The molecule has 0 saturated heterocycles. The summed E-state index contributed by atoms with van der Waals surface area (Å²) in [6, 6.07) is 9.85. The molecule has 2 rings (SSSR count). The van der Waals surface area contributed by atoms with Crippen LogP contribution in [0.5, 0.6) is 5.75 Å². The third-order valence-electron chi connectivity index (χ3n) is 3.23. The van der Waals surface area contributed by atoms with Gasteiger partial charge in [-0.2, -0.15) is 0 Å². The molecule has 1 heterocycles. The number of rotatable bonds is 5. The van der Waals surface area contributed by atoms with Crippen LogP contribution in [0.2, 0.25) is 0 Å². The molecule has 100 valence electrons. The van der Waals surface area contributed by atoms with E-state index < -0.39 is 0 Å². The standard InChI is InChI=1S/C15H19N3O/c1-3-11-10-17-8-7-14(11)15(18-16)12-5-4-6-13(9-12)19-2/h4-10,15,18H,3,16H2,1-2H3. The summed E-state index contributed by atoms with van der Waals surface area (Å²) in [5, 5.41) is 0. The number of nitrogens with zero attached hydrogens (tertiary/aromatic N) is 1. The maximum atomic E-state index is 5.74. The van der Waals surface area contributed by atoms with Gasteiger partial charge in [0.05, 0.1) is 13.2 Å². The molecule has 19 heavy (non-hydrogen) atoms. The van der Waals surface area contributed by atoms with Gasteiger partial charge in [-0.25, -0.2) is 5.43 Å². The van der Waals surface area contributed by atoms with E-state index >= 15 is 0 Å². The summed E-state index contributed by atoms with van der Waals surface area (Å²) in [6.07, 6.45) is 4.60. The number of aromatic nitrogens is 1. The second kappa shape index (κ2) is 6.31. The van der Waals surface area contributed by atoms with E-state index in [9.17, 15) is 0 Å². The summed E-state index contributed by atoms with van der Waals surface area (Å²) in [7, 11) is 1.66. The van der Waals surface area contributed by atoms with Crippen molar-refractivity contribution in [3.63, 3.8) is 0 Å². The van der Waals surface area contributed by atoms with Crippen molar-refractivity contribution < 1.29 is 4.74 Å². The minimum Gasteiger partial charge on any atom is -0.497 e. The number of methoxy groups -OCH3 is 1. The Morgan fingerprint density at radius 3 is 2.89 bits per heavy atom. The molecule has 0 aliphatic rings. The van der Waals surface area contributed by atoms with Gasteiger partial charge in [0.2, 0.25) is 0 Å². The Kier molecular flexibility index (Phi) is 4.49. The normalized spacial score (nSPS) is 12.2. The molecule has 0 amide bonds. The van der Waals surface area contributed by atoms with Gasteiger partial charge in [0.15, 0.2) is 0 Å². The minimum atomic E-state index is -0.0620. The molecule has 1 unspecified atom stereocenters. The number of benzene rings is 1. The summed E-state index contributed by atoms with van der Waals surface area (Å²) >= 11 is 0. The zero-order valence-corrected chi connectivity index (χ0v) is 11.3. The average Bonchev–Trinajstić information content (AvgIpc) is 2.49. The first-order valence-corrected chi connectivity index (χ1v) is 6.33. The topological polar surface area (TPSA) is 60.2 Å². The molecule has 0 bridgehead atoms. The lowest BCUT2D eigenvalue weighted by Gasteiger charge is -2.20. The largest absolute Gasteiger partial charge is 0.497 e. The summed E-state index contributed by atoms with van der Waals surface area (Å²) < 4.78 is 5.26. The lowest BCUT2D eigenvalue weighted by atomic mass is 9.95. The summed E-state index contributed by atoms with van der Waals surface area (Å²) in [5.74, 6) is 6.56. The molecule has 1 atom stereocenters. The minimum absolute atomic E-state index is 0.0620. The van der Waals surface area contributed by atoms with Crippen LogP contribution in [-0.2, 0) is 6.42 Å². The maximum Gasteiger partial charge on any atom is 0.119 e. The fourth-order valence-corrected chi connectivity index (χ4v) is 2.20. The quantitative estimate of drug-likeness (QED) is 0.637. The van der Waals surface area contributed by atoms with E-state index in [1.165, 1.54) is 5.56 Å². The van der Waals surface area contributed by atoms with Crippen molar-refractivity contribution in [1.29, 1.82) is 0 Å². The Hall–Kier alpha value is -1.91. The van der Waals surface area contributed by atoms with Gasteiger partial charge in [0, 0.05) is 12.4 Å². The highest BCUT2D eigenvalue weighted by atomic mass is 16.5. The predicted octanol–water partition coefficient (Wildman–Crippen LogP) is 2.21. The third-order valence-corrected chi connectivity index (χ3v) is 3.23. The number of hydrogen-bond acceptors (Lipinski definition) is 4. The van der Waals surface area contributed by atoms with Crippen LogP contribution < -0.4 is 16.0 Å². The van der Waals surface area contributed by atoms with E-state index in [1.54, 1.807) is 13.3 Å². The van der Waals surface area contributed by atoms with Crippen LogP contribution in [-0.4, -0.2) is 12.1 Å². The van der Waals surface area contributed by atoms with Gasteiger partial charge in [-0.1, -0.05) is 19.1 Å². The van der Waals surface area contributed by atoms with Crippen molar-refractivity contribution >= 4 is 0 Å². The van der Waals surface area contributed by atoms with E-state index in [0.29, 0.717) is 0 Å². The van der Waals surface area contributed by atoms with Crippen LogP contribution in [0.3, 0.4) is 0 Å². The number of pyridine rings is 1. The first-order chi connectivity index (χ1) is 9.30. The van der Waals surface area contributed by atoms with Gasteiger partial charge in [0.25, 0.3) is 0 Å². The zero-order valence-electron chi connectivity index (χ0n) is 11.3. The highest BCUT2D eigenvalue weighted by Gasteiger charge is 2.15. The SMILES string of the molecule is CCc1cnccc1C(NN)c1cccc(OC)c1. The molecule has 0 fully saturated rings. The van der Waals surface area contributed by atoms with Gasteiger partial charge < -0.3 is 4.74 Å². The number of aryl methyl sites for hydroxylation is 1. The Labute approximate surface area is 113 Å². The molecule has 3 N–H and O–H groups in total. The van der Waals surface area contributed by atoms with Crippen LogP contribution in [0.15, 0.2) is 42.7 Å².